The Balaban J connectivity index is 1.86. The van der Waals surface area contributed by atoms with Crippen LogP contribution >= 0.6 is 11.6 Å². The summed E-state index contributed by atoms with van der Waals surface area (Å²) in [6.45, 7) is 2.06. The van der Waals surface area contributed by atoms with Crippen molar-refractivity contribution in [2.45, 2.75) is 6.92 Å². The Morgan fingerprint density at radius 3 is 2.56 bits per heavy atom. The van der Waals surface area contributed by atoms with E-state index in [0.29, 0.717) is 16.5 Å². The summed E-state index contributed by atoms with van der Waals surface area (Å²) in [4.78, 5) is 4.73. The number of aryl methyl sites for hydroxylation is 1. The van der Waals surface area contributed by atoms with Crippen molar-refractivity contribution < 1.29 is 0 Å². The van der Waals surface area contributed by atoms with Gasteiger partial charge in [-0.25, -0.2) is 4.98 Å². The van der Waals surface area contributed by atoms with Crippen LogP contribution in [0.1, 0.15) is 5.56 Å². The molecule has 0 spiro atoms. The molecular formula is C20H15ClN4. The molecule has 0 atom stereocenters. The molecule has 0 aliphatic carbocycles. The molecule has 122 valence electrons. The lowest BCUT2D eigenvalue weighted by Crippen LogP contribution is -1.81. The van der Waals surface area contributed by atoms with Gasteiger partial charge >= 0.3 is 0 Å². The molecule has 0 fully saturated rings. The maximum atomic E-state index is 6.02. The molecule has 4 aromatic rings. The van der Waals surface area contributed by atoms with Gasteiger partial charge in [0, 0.05) is 16.8 Å². The molecule has 0 aliphatic rings. The lowest BCUT2D eigenvalue weighted by Gasteiger charge is -2.00. The molecule has 2 aromatic heterocycles. The van der Waals surface area contributed by atoms with Gasteiger partial charge in [0.15, 0.2) is 5.82 Å². The number of hydrogen-bond acceptors (Lipinski definition) is 3. The lowest BCUT2D eigenvalue weighted by molar-refractivity contribution is 1.11. The summed E-state index contributed by atoms with van der Waals surface area (Å²) in [5.41, 5.74) is 4.55. The molecule has 4 nitrogen and oxygen atoms in total. The van der Waals surface area contributed by atoms with Crippen molar-refractivity contribution in [2.24, 2.45) is 10.2 Å². The Morgan fingerprint density at radius 2 is 1.76 bits per heavy atom. The molecule has 25 heavy (non-hydrogen) atoms. The second-order valence-corrected chi connectivity index (χ2v) is 6.20. The molecule has 5 heteroatoms. The van der Waals surface area contributed by atoms with Gasteiger partial charge in [0.05, 0.1) is 5.69 Å². The van der Waals surface area contributed by atoms with Crippen LogP contribution in [0.5, 0.6) is 0 Å². The predicted octanol–water partition coefficient (Wildman–Crippen LogP) is 6.38. The van der Waals surface area contributed by atoms with Crippen LogP contribution < -0.4 is 0 Å². The SMILES string of the molecule is Cc1ccc(-c2nc3ccccn3c2N=Nc2cccc(Cl)c2)cc1. The summed E-state index contributed by atoms with van der Waals surface area (Å²) >= 11 is 6.02. The number of rotatable bonds is 3. The third-order valence-corrected chi connectivity index (χ3v) is 4.13. The number of hydrogen-bond donors (Lipinski definition) is 0. The van der Waals surface area contributed by atoms with E-state index in [0.717, 1.165) is 16.9 Å². The highest BCUT2D eigenvalue weighted by atomic mass is 35.5. The van der Waals surface area contributed by atoms with Crippen LogP contribution in [0, 0.1) is 6.92 Å². The molecule has 0 bridgehead atoms. The zero-order chi connectivity index (χ0) is 17.2. The molecule has 4 rings (SSSR count). The number of nitrogens with zero attached hydrogens (tertiary/aromatic N) is 4. The fourth-order valence-electron chi connectivity index (χ4n) is 2.63. The van der Waals surface area contributed by atoms with Crippen molar-refractivity contribution in [3.05, 3.63) is 83.5 Å². The van der Waals surface area contributed by atoms with E-state index < -0.39 is 0 Å². The average molecular weight is 347 g/mol. The van der Waals surface area contributed by atoms with Crippen LogP contribution in [0.2, 0.25) is 5.02 Å². The van der Waals surface area contributed by atoms with Crippen molar-refractivity contribution in [3.8, 4) is 11.3 Å². The molecule has 0 saturated carbocycles. The van der Waals surface area contributed by atoms with E-state index in [2.05, 4.69) is 41.4 Å². The zero-order valence-electron chi connectivity index (χ0n) is 13.6. The zero-order valence-corrected chi connectivity index (χ0v) is 14.4. The van der Waals surface area contributed by atoms with Gasteiger partial charge in [-0.1, -0.05) is 53.6 Å². The molecular weight excluding hydrogens is 332 g/mol. The van der Waals surface area contributed by atoms with Gasteiger partial charge in [-0.3, -0.25) is 4.40 Å². The minimum absolute atomic E-state index is 0.633. The minimum Gasteiger partial charge on any atom is -0.283 e. The van der Waals surface area contributed by atoms with Crippen molar-refractivity contribution in [1.82, 2.24) is 9.38 Å². The Kier molecular flexibility index (Phi) is 4.04. The molecule has 0 N–H and O–H groups in total. The first-order valence-electron chi connectivity index (χ1n) is 7.92. The summed E-state index contributed by atoms with van der Waals surface area (Å²) in [5, 5.41) is 9.45. The fraction of sp³-hybridized carbons (Fsp3) is 0.0500. The van der Waals surface area contributed by atoms with Crippen molar-refractivity contribution in [3.63, 3.8) is 0 Å². The second-order valence-electron chi connectivity index (χ2n) is 5.76. The Labute approximate surface area is 150 Å². The highest BCUT2D eigenvalue weighted by Gasteiger charge is 2.13. The number of fused-ring (bicyclic) bond motifs is 1. The molecule has 2 aromatic carbocycles. The number of imidazole rings is 1. The van der Waals surface area contributed by atoms with Gasteiger partial charge in [0.1, 0.15) is 11.3 Å². The highest BCUT2D eigenvalue weighted by Crippen LogP contribution is 2.32. The van der Waals surface area contributed by atoms with Crippen LogP contribution in [0.4, 0.5) is 11.5 Å². The van der Waals surface area contributed by atoms with Gasteiger partial charge in [-0.05, 0) is 37.3 Å². The van der Waals surface area contributed by atoms with E-state index in [1.807, 2.05) is 47.0 Å². The molecule has 0 amide bonds. The largest absolute Gasteiger partial charge is 0.283 e. The molecule has 0 saturated heterocycles. The molecule has 0 radical (unpaired) electrons. The van der Waals surface area contributed by atoms with E-state index >= 15 is 0 Å². The number of halogens is 1. The Bertz CT molecular complexity index is 1060. The second kappa shape index (κ2) is 6.49. The number of azo groups is 1. The quantitative estimate of drug-likeness (QED) is 0.397. The van der Waals surface area contributed by atoms with Gasteiger partial charge < -0.3 is 0 Å². The number of benzene rings is 2. The normalized spacial score (nSPS) is 11.4. The van der Waals surface area contributed by atoms with E-state index in [4.69, 9.17) is 16.6 Å². The lowest BCUT2D eigenvalue weighted by atomic mass is 10.1. The first-order chi connectivity index (χ1) is 12.2. The van der Waals surface area contributed by atoms with Crippen LogP contribution in [-0.2, 0) is 0 Å². The van der Waals surface area contributed by atoms with Crippen LogP contribution in [0.25, 0.3) is 16.9 Å². The number of pyridine rings is 1. The van der Waals surface area contributed by atoms with Crippen molar-refractivity contribution in [1.29, 1.82) is 0 Å². The van der Waals surface area contributed by atoms with E-state index in [-0.39, 0.29) is 0 Å². The standard InChI is InChI=1S/C20H15ClN4/c1-14-8-10-15(11-9-14)19-20(25-12-3-2-7-18(25)22-19)24-23-17-6-4-5-16(21)13-17/h2-13H,1H3. The fourth-order valence-corrected chi connectivity index (χ4v) is 2.81. The van der Waals surface area contributed by atoms with E-state index in [9.17, 15) is 0 Å². The highest BCUT2D eigenvalue weighted by molar-refractivity contribution is 6.30. The summed E-state index contributed by atoms with van der Waals surface area (Å²) in [6, 6.07) is 21.4. The minimum atomic E-state index is 0.633. The summed E-state index contributed by atoms with van der Waals surface area (Å²) < 4.78 is 1.93. The maximum absolute atomic E-state index is 6.02. The van der Waals surface area contributed by atoms with Gasteiger partial charge in [-0.2, -0.15) is 0 Å². The number of aromatic nitrogens is 2. The Morgan fingerprint density at radius 1 is 0.920 bits per heavy atom. The van der Waals surface area contributed by atoms with Crippen LogP contribution in [-0.4, -0.2) is 9.38 Å². The average Bonchev–Trinajstić information content (AvgIpc) is 2.99. The third kappa shape index (κ3) is 3.16. The monoisotopic (exact) mass is 346 g/mol. The Hall–Kier alpha value is -2.98. The predicted molar refractivity (Wildman–Crippen MR) is 101 cm³/mol. The smallest absolute Gasteiger partial charge is 0.187 e. The van der Waals surface area contributed by atoms with Crippen LogP contribution in [0.15, 0.2) is 83.2 Å². The van der Waals surface area contributed by atoms with Crippen LogP contribution in [0.3, 0.4) is 0 Å². The van der Waals surface area contributed by atoms with E-state index in [1.165, 1.54) is 5.56 Å². The van der Waals surface area contributed by atoms with Gasteiger partial charge in [-0.15, -0.1) is 10.2 Å². The van der Waals surface area contributed by atoms with Crippen molar-refractivity contribution in [2.75, 3.05) is 0 Å². The molecule has 0 aliphatic heterocycles. The first kappa shape index (κ1) is 15.5. The van der Waals surface area contributed by atoms with Gasteiger partial charge in [0.2, 0.25) is 0 Å². The topological polar surface area (TPSA) is 42.0 Å². The first-order valence-corrected chi connectivity index (χ1v) is 8.30. The third-order valence-electron chi connectivity index (χ3n) is 3.90. The summed E-state index contributed by atoms with van der Waals surface area (Å²) in [6.07, 6.45) is 1.94. The molecule has 2 heterocycles. The maximum Gasteiger partial charge on any atom is 0.187 e. The molecule has 0 unspecified atom stereocenters. The summed E-state index contributed by atoms with van der Waals surface area (Å²) in [5.74, 6) is 0.694. The summed E-state index contributed by atoms with van der Waals surface area (Å²) in [7, 11) is 0. The van der Waals surface area contributed by atoms with Gasteiger partial charge in [0.25, 0.3) is 0 Å². The van der Waals surface area contributed by atoms with Crippen molar-refractivity contribution >= 4 is 28.8 Å². The van der Waals surface area contributed by atoms with E-state index in [1.54, 1.807) is 6.07 Å².